The number of carbonyl (C=O) groups excluding carboxylic acids is 2. The second-order valence-corrected chi connectivity index (χ2v) is 14.0. The number of rotatable bonds is 8. The van der Waals surface area contributed by atoms with Crippen molar-refractivity contribution in [2.24, 2.45) is 9.98 Å². The van der Waals surface area contributed by atoms with E-state index < -0.39 is 12.1 Å². The van der Waals surface area contributed by atoms with Crippen LogP contribution in [0.5, 0.6) is 0 Å². The van der Waals surface area contributed by atoms with Crippen LogP contribution in [0, 0.1) is 0 Å². The summed E-state index contributed by atoms with van der Waals surface area (Å²) in [6.45, 7) is 0. The minimum absolute atomic E-state index is 0.144. The van der Waals surface area contributed by atoms with Crippen molar-refractivity contribution in [3.8, 4) is 0 Å². The molecule has 6 nitrogen and oxygen atoms in total. The fraction of sp³-hybridized carbons (Fsp3) is 0.0800. The summed E-state index contributed by atoms with van der Waals surface area (Å²) in [5.41, 5.74) is 6.63. The van der Waals surface area contributed by atoms with Crippen LogP contribution in [-0.4, -0.2) is 33.3 Å². The zero-order valence-electron chi connectivity index (χ0n) is 30.5. The molecule has 0 aromatic heterocycles. The lowest BCUT2D eigenvalue weighted by Gasteiger charge is -2.30. The number of amidine groups is 2. The molecule has 0 spiro atoms. The van der Waals surface area contributed by atoms with Crippen LogP contribution in [0.4, 0.5) is 0 Å². The Labute approximate surface area is 326 Å². The molecule has 0 radical (unpaired) electrons. The fourth-order valence-corrected chi connectivity index (χ4v) is 7.96. The van der Waals surface area contributed by atoms with Gasteiger partial charge >= 0.3 is 0 Å². The summed E-state index contributed by atoms with van der Waals surface area (Å²) < 4.78 is 0. The summed E-state index contributed by atoms with van der Waals surface area (Å²) in [6.07, 6.45) is 0. The van der Waals surface area contributed by atoms with Crippen molar-refractivity contribution in [2.45, 2.75) is 24.2 Å². The predicted molar refractivity (Wildman–Crippen MR) is 221 cm³/mol. The number of hydrogen-bond donors (Lipinski definition) is 0. The van der Waals surface area contributed by atoms with Gasteiger partial charge in [0.1, 0.15) is 23.8 Å². The first kappa shape index (κ1) is 34.6. The van der Waals surface area contributed by atoms with Crippen LogP contribution in [0.1, 0.15) is 78.3 Å². The molecule has 56 heavy (non-hydrogen) atoms. The summed E-state index contributed by atoms with van der Waals surface area (Å²) in [7, 11) is 0. The van der Waals surface area contributed by atoms with Gasteiger partial charge in [-0.1, -0.05) is 176 Å². The standard InChI is InChI=1S/C50H38N4O2/c55-49(39-28-15-5-16-29-39)53-45(37-24-11-3-12-25-37)43(35-20-7-1-8-21-35)51-47(53)41-32-19-33-42(34-41)48-52-44(36-22-9-2-10-23-36)46(38-26-13-4-14-27-38)54(48)50(56)40-30-17-6-18-31-40/h1-34,43-46H/t43-,44-,45-,46-/m0/s1. The van der Waals surface area contributed by atoms with Gasteiger partial charge in [0.05, 0.1) is 12.1 Å². The lowest BCUT2D eigenvalue weighted by Crippen LogP contribution is -2.39. The number of amides is 2. The lowest BCUT2D eigenvalue weighted by atomic mass is 9.93. The highest BCUT2D eigenvalue weighted by atomic mass is 16.2. The van der Waals surface area contributed by atoms with Crippen LogP contribution in [0.15, 0.2) is 216 Å². The molecule has 2 amide bonds. The summed E-state index contributed by atoms with van der Waals surface area (Å²) in [5.74, 6) is 0.827. The zero-order chi connectivity index (χ0) is 37.8. The van der Waals surface area contributed by atoms with Gasteiger partial charge in [0, 0.05) is 22.3 Å². The topological polar surface area (TPSA) is 65.3 Å². The largest absolute Gasteiger partial charge is 0.282 e. The van der Waals surface area contributed by atoms with Crippen molar-refractivity contribution >= 4 is 23.5 Å². The van der Waals surface area contributed by atoms with Crippen LogP contribution < -0.4 is 0 Å². The van der Waals surface area contributed by atoms with Gasteiger partial charge in [0.2, 0.25) is 0 Å². The predicted octanol–water partition coefficient (Wildman–Crippen LogP) is 10.5. The van der Waals surface area contributed by atoms with Gasteiger partial charge in [-0.25, -0.2) is 0 Å². The Hall–Kier alpha value is -7.18. The van der Waals surface area contributed by atoms with E-state index >= 15 is 0 Å². The number of nitrogens with zero attached hydrogens (tertiary/aromatic N) is 4. The Bertz CT molecular complexity index is 2350. The van der Waals surface area contributed by atoms with Crippen molar-refractivity contribution < 1.29 is 9.59 Å². The maximum Gasteiger partial charge on any atom is 0.260 e. The molecule has 0 aliphatic carbocycles. The Morgan fingerprint density at radius 3 is 1.00 bits per heavy atom. The highest BCUT2D eigenvalue weighted by Crippen LogP contribution is 2.46. The quantitative estimate of drug-likeness (QED) is 0.157. The van der Waals surface area contributed by atoms with Crippen LogP contribution in [-0.2, 0) is 0 Å². The molecular weight excluding hydrogens is 689 g/mol. The molecule has 2 heterocycles. The normalized spacial score (nSPS) is 19.0. The number of hydrogen-bond acceptors (Lipinski definition) is 4. The monoisotopic (exact) mass is 726 g/mol. The van der Waals surface area contributed by atoms with Crippen molar-refractivity contribution in [1.82, 2.24) is 9.80 Å². The minimum atomic E-state index is -0.408. The van der Waals surface area contributed by atoms with E-state index in [1.165, 1.54) is 0 Å². The molecule has 4 atom stereocenters. The summed E-state index contributed by atoms with van der Waals surface area (Å²) in [6, 6.07) is 65.8. The highest BCUT2D eigenvalue weighted by molar-refractivity contribution is 6.17. The molecule has 6 heteroatoms. The number of benzene rings is 7. The highest BCUT2D eigenvalue weighted by Gasteiger charge is 2.44. The van der Waals surface area contributed by atoms with Crippen LogP contribution >= 0.6 is 0 Å². The van der Waals surface area contributed by atoms with E-state index in [4.69, 9.17) is 9.98 Å². The van der Waals surface area contributed by atoms with Crippen molar-refractivity contribution in [2.75, 3.05) is 0 Å². The second-order valence-electron chi connectivity index (χ2n) is 14.0. The fourth-order valence-electron chi connectivity index (χ4n) is 7.96. The average molecular weight is 727 g/mol. The summed E-state index contributed by atoms with van der Waals surface area (Å²) in [5, 5.41) is 0. The maximum atomic E-state index is 14.8. The Morgan fingerprint density at radius 1 is 0.357 bits per heavy atom. The van der Waals surface area contributed by atoms with Gasteiger partial charge in [0.15, 0.2) is 0 Å². The molecule has 0 bridgehead atoms. The molecule has 0 saturated heterocycles. The van der Waals surface area contributed by atoms with E-state index in [0.717, 1.165) is 33.4 Å². The average Bonchev–Trinajstić information content (AvgIpc) is 3.89. The second kappa shape index (κ2) is 15.3. The van der Waals surface area contributed by atoms with Crippen molar-refractivity contribution in [1.29, 1.82) is 0 Å². The van der Waals surface area contributed by atoms with E-state index in [9.17, 15) is 9.59 Å². The minimum Gasteiger partial charge on any atom is -0.282 e. The third-order valence-electron chi connectivity index (χ3n) is 10.6. The van der Waals surface area contributed by atoms with E-state index in [0.29, 0.717) is 22.8 Å². The van der Waals surface area contributed by atoms with E-state index in [1.54, 1.807) is 0 Å². The summed E-state index contributed by atoms with van der Waals surface area (Å²) >= 11 is 0. The van der Waals surface area contributed by atoms with Crippen LogP contribution in [0.3, 0.4) is 0 Å². The zero-order valence-corrected chi connectivity index (χ0v) is 30.5. The first-order chi connectivity index (χ1) is 27.7. The van der Waals surface area contributed by atoms with Gasteiger partial charge in [-0.3, -0.25) is 29.4 Å². The van der Waals surface area contributed by atoms with Gasteiger partial charge in [-0.2, -0.15) is 0 Å². The molecule has 0 N–H and O–H groups in total. The lowest BCUT2D eigenvalue weighted by molar-refractivity contribution is 0.0797. The third kappa shape index (κ3) is 6.52. The van der Waals surface area contributed by atoms with Crippen LogP contribution in [0.2, 0.25) is 0 Å². The van der Waals surface area contributed by atoms with Crippen molar-refractivity contribution in [3.05, 3.63) is 251 Å². The first-order valence-electron chi connectivity index (χ1n) is 18.9. The maximum absolute atomic E-state index is 14.8. The molecule has 0 unspecified atom stereocenters. The smallest absolute Gasteiger partial charge is 0.260 e. The molecular formula is C50H38N4O2. The van der Waals surface area contributed by atoms with Gasteiger partial charge in [-0.15, -0.1) is 0 Å². The molecule has 2 aliphatic rings. The van der Waals surface area contributed by atoms with Gasteiger partial charge < -0.3 is 0 Å². The number of carbonyl (C=O) groups is 2. The number of aliphatic imine (C=N–C) groups is 2. The molecule has 270 valence electrons. The Morgan fingerprint density at radius 2 is 0.661 bits per heavy atom. The molecule has 7 aromatic carbocycles. The SMILES string of the molecule is O=C(c1ccccc1)N1C(c2cccc(C3=N[C@@H](c4ccccc4)[C@H](c4ccccc4)N3C(=O)c3ccccc3)c2)=N[C@@H](c2ccccc2)[C@@H]1c1ccccc1. The van der Waals surface area contributed by atoms with E-state index in [-0.39, 0.29) is 23.9 Å². The van der Waals surface area contributed by atoms with Gasteiger partial charge in [0.25, 0.3) is 11.8 Å². The Kier molecular flexibility index (Phi) is 9.44. The Balaban J connectivity index is 1.22. The molecule has 2 aliphatic heterocycles. The van der Waals surface area contributed by atoms with E-state index in [1.807, 2.05) is 168 Å². The molecule has 0 fully saturated rings. The summed E-state index contributed by atoms with van der Waals surface area (Å²) in [4.78, 5) is 44.1. The first-order valence-corrected chi connectivity index (χ1v) is 18.9. The molecule has 9 rings (SSSR count). The van der Waals surface area contributed by atoms with Crippen molar-refractivity contribution in [3.63, 3.8) is 0 Å². The van der Waals surface area contributed by atoms with Gasteiger partial charge in [-0.05, 0) is 52.6 Å². The van der Waals surface area contributed by atoms with Crippen LogP contribution in [0.25, 0.3) is 0 Å². The third-order valence-corrected chi connectivity index (χ3v) is 10.6. The molecule has 7 aromatic rings. The molecule has 0 saturated carbocycles. The van der Waals surface area contributed by atoms with E-state index in [2.05, 4.69) is 48.5 Å².